The molecule has 4 saturated carbocycles. The number of rotatable bonds is 5. The first-order valence-electron chi connectivity index (χ1n) is 15.1. The number of carboxylic acids is 1. The number of hydrogen-bond acceptors (Lipinski definition) is 6. The minimum absolute atomic E-state index is 0.0403. The van der Waals surface area contributed by atoms with E-state index in [4.69, 9.17) is 0 Å². The van der Waals surface area contributed by atoms with Gasteiger partial charge in [0.15, 0.2) is 0 Å². The molecule has 11 heteroatoms. The monoisotopic (exact) mass is 593 g/mol. The fourth-order valence-electron chi connectivity index (χ4n) is 8.70. The van der Waals surface area contributed by atoms with Crippen molar-refractivity contribution in [1.82, 2.24) is 9.62 Å². The number of carboxylic acid groups (broad SMARTS) is 1. The van der Waals surface area contributed by atoms with Crippen LogP contribution in [0.3, 0.4) is 0 Å². The van der Waals surface area contributed by atoms with Gasteiger partial charge >= 0.3 is 12.0 Å². The van der Waals surface area contributed by atoms with Crippen molar-refractivity contribution in [2.24, 2.45) is 23.2 Å². The summed E-state index contributed by atoms with van der Waals surface area (Å²) in [7, 11) is -3.16. The van der Waals surface area contributed by atoms with Gasteiger partial charge in [0.25, 0.3) is 0 Å². The van der Waals surface area contributed by atoms with Crippen LogP contribution in [0, 0.1) is 23.2 Å². The van der Waals surface area contributed by atoms with Crippen LogP contribution in [0.5, 0.6) is 0 Å². The van der Waals surface area contributed by atoms with Gasteiger partial charge in [0.2, 0.25) is 10.0 Å². The maximum Gasteiger partial charge on any atom is 0.322 e. The summed E-state index contributed by atoms with van der Waals surface area (Å²) < 4.78 is 25.3. The fraction of sp³-hybridized carbons (Fsp3) is 0.548. The number of anilines is 4. The summed E-state index contributed by atoms with van der Waals surface area (Å²) in [5.74, 6) is 0.292. The second kappa shape index (κ2) is 10.2. The quantitative estimate of drug-likeness (QED) is 0.543. The Morgan fingerprint density at radius 3 is 2.07 bits per heavy atom. The number of fused-ring (bicyclic) bond motifs is 1. The van der Waals surface area contributed by atoms with Gasteiger partial charge in [-0.1, -0.05) is 12.1 Å². The molecule has 42 heavy (non-hydrogen) atoms. The van der Waals surface area contributed by atoms with Gasteiger partial charge in [-0.05, 0) is 86.3 Å². The zero-order valence-corrected chi connectivity index (χ0v) is 24.8. The van der Waals surface area contributed by atoms with E-state index in [9.17, 15) is 23.1 Å². The molecule has 2 heterocycles. The fourth-order valence-corrected chi connectivity index (χ4v) is 9.53. The molecule has 4 aliphatic carbocycles. The average molecular weight is 594 g/mol. The molecule has 2 aromatic rings. The molecule has 0 radical (unpaired) electrons. The van der Waals surface area contributed by atoms with Gasteiger partial charge in [0.1, 0.15) is 0 Å². The Kier molecular flexibility index (Phi) is 6.65. The first-order valence-corrected chi connectivity index (χ1v) is 16.9. The van der Waals surface area contributed by atoms with Crippen molar-refractivity contribution in [1.29, 1.82) is 0 Å². The van der Waals surface area contributed by atoms with Crippen LogP contribution >= 0.6 is 0 Å². The van der Waals surface area contributed by atoms with Crippen LogP contribution in [0.2, 0.25) is 0 Å². The number of aliphatic carboxylic acids is 1. The summed E-state index contributed by atoms with van der Waals surface area (Å²) >= 11 is 0. The summed E-state index contributed by atoms with van der Waals surface area (Å²) in [5, 5.41) is 13.3. The highest BCUT2D eigenvalue weighted by molar-refractivity contribution is 7.88. The standard InChI is InChI=1S/C31H39N5O5S/c1-42(40,41)34-12-10-33(11-13-34)24-6-8-25(9-7-24)35-14-15-36(27-5-3-2-4-26(27)35)30(39)32-28-22-16-21-17-23(28)20-31(18-21,19-22)29(37)38/h2-9,21-23,28H,10-20H2,1H3,(H,32,39)(H,37,38)/t21?,22-,23?,28?,31?/m0/s1. The molecular formula is C31H39N5O5S. The molecule has 0 spiro atoms. The molecular weight excluding hydrogens is 554 g/mol. The predicted molar refractivity (Wildman–Crippen MR) is 162 cm³/mol. The molecule has 8 rings (SSSR count). The Morgan fingerprint density at radius 2 is 1.45 bits per heavy atom. The Hall–Kier alpha value is -3.31. The highest BCUT2D eigenvalue weighted by Gasteiger charge is 2.59. The zero-order chi connectivity index (χ0) is 29.2. The van der Waals surface area contributed by atoms with E-state index in [0.29, 0.717) is 58.0 Å². The number of urea groups is 1. The van der Waals surface area contributed by atoms with Crippen molar-refractivity contribution in [2.45, 2.75) is 38.1 Å². The minimum Gasteiger partial charge on any atom is -0.481 e. The molecule has 10 nitrogen and oxygen atoms in total. The smallest absolute Gasteiger partial charge is 0.322 e. The number of benzene rings is 2. The number of nitrogens with zero attached hydrogens (tertiary/aromatic N) is 4. The van der Waals surface area contributed by atoms with Gasteiger partial charge in [0, 0.05) is 56.7 Å². The second-order valence-corrected chi connectivity index (χ2v) is 15.0. The number of carbonyl (C=O) groups is 2. The number of nitrogens with one attached hydrogen (secondary N) is 1. The summed E-state index contributed by atoms with van der Waals surface area (Å²) in [4.78, 5) is 32.2. The van der Waals surface area contributed by atoms with Gasteiger partial charge in [0.05, 0.1) is 23.0 Å². The highest BCUT2D eigenvalue weighted by Crippen LogP contribution is 2.60. The molecule has 2 N–H and O–H groups in total. The first-order chi connectivity index (χ1) is 20.1. The first kappa shape index (κ1) is 27.5. The third kappa shape index (κ3) is 4.70. The lowest BCUT2D eigenvalue weighted by Gasteiger charge is -2.58. The van der Waals surface area contributed by atoms with E-state index in [-0.39, 0.29) is 23.9 Å². The van der Waals surface area contributed by atoms with Gasteiger partial charge in [-0.15, -0.1) is 0 Å². The minimum atomic E-state index is -3.16. The molecule has 4 unspecified atom stereocenters. The molecule has 5 atom stereocenters. The predicted octanol–water partition coefficient (Wildman–Crippen LogP) is 3.72. The van der Waals surface area contributed by atoms with E-state index in [1.165, 1.54) is 10.6 Å². The number of carbonyl (C=O) groups excluding carboxylic acids is 1. The van der Waals surface area contributed by atoms with Crippen LogP contribution in [0.15, 0.2) is 48.5 Å². The molecule has 2 aliphatic heterocycles. The Balaban J connectivity index is 1.05. The van der Waals surface area contributed by atoms with Crippen molar-refractivity contribution >= 4 is 44.8 Å². The van der Waals surface area contributed by atoms with Crippen LogP contribution in [0.25, 0.3) is 0 Å². The Bertz CT molecular complexity index is 1470. The molecule has 224 valence electrons. The van der Waals surface area contributed by atoms with Crippen molar-refractivity contribution in [3.8, 4) is 0 Å². The maximum atomic E-state index is 13.7. The van der Waals surface area contributed by atoms with Crippen LogP contribution in [0.4, 0.5) is 27.5 Å². The lowest BCUT2D eigenvalue weighted by atomic mass is 9.48. The summed E-state index contributed by atoms with van der Waals surface area (Å²) in [6.07, 6.45) is 5.45. The molecule has 6 aliphatic rings. The van der Waals surface area contributed by atoms with E-state index < -0.39 is 21.4 Å². The number of para-hydroxylation sites is 2. The molecule has 2 amide bonds. The summed E-state index contributed by atoms with van der Waals surface area (Å²) in [5.41, 5.74) is 3.37. The van der Waals surface area contributed by atoms with Gasteiger partial charge in [-0.3, -0.25) is 9.69 Å². The average Bonchev–Trinajstić information content (AvgIpc) is 2.97. The largest absolute Gasteiger partial charge is 0.481 e. The van der Waals surface area contributed by atoms with Gasteiger partial charge < -0.3 is 20.2 Å². The third-order valence-corrected chi connectivity index (χ3v) is 11.8. The van der Waals surface area contributed by atoms with E-state index in [0.717, 1.165) is 42.0 Å². The molecule has 2 aromatic carbocycles. The van der Waals surface area contributed by atoms with E-state index in [1.54, 1.807) is 0 Å². The maximum absolute atomic E-state index is 13.7. The van der Waals surface area contributed by atoms with Crippen LogP contribution in [-0.4, -0.2) is 81.4 Å². The Labute approximate surface area is 247 Å². The van der Waals surface area contributed by atoms with Gasteiger partial charge in [-0.2, -0.15) is 4.31 Å². The molecule has 0 aromatic heterocycles. The SMILES string of the molecule is CS(=O)(=O)N1CCN(c2ccc(N3CCN(C(=O)NC4C5CC6C[C@H]4CC(C(=O)O)(C6)C5)c4ccccc43)cc2)CC1. The van der Waals surface area contributed by atoms with Crippen molar-refractivity contribution in [3.63, 3.8) is 0 Å². The van der Waals surface area contributed by atoms with Crippen molar-refractivity contribution in [3.05, 3.63) is 48.5 Å². The number of sulfonamides is 1. The topological polar surface area (TPSA) is 114 Å². The van der Waals surface area contributed by atoms with E-state index in [1.807, 2.05) is 29.2 Å². The normalized spacial score (nSPS) is 30.7. The number of amides is 2. The van der Waals surface area contributed by atoms with Crippen LogP contribution in [0.1, 0.15) is 32.1 Å². The Morgan fingerprint density at radius 1 is 0.833 bits per heavy atom. The van der Waals surface area contributed by atoms with Crippen molar-refractivity contribution < 1.29 is 23.1 Å². The molecule has 1 saturated heterocycles. The zero-order valence-electron chi connectivity index (χ0n) is 24.0. The lowest BCUT2D eigenvalue weighted by Crippen LogP contribution is -2.62. The second-order valence-electron chi connectivity index (χ2n) is 13.0. The van der Waals surface area contributed by atoms with E-state index >= 15 is 0 Å². The number of piperazine rings is 1. The van der Waals surface area contributed by atoms with Crippen LogP contribution < -0.4 is 20.0 Å². The van der Waals surface area contributed by atoms with Gasteiger partial charge in [-0.25, -0.2) is 13.2 Å². The molecule has 5 fully saturated rings. The summed E-state index contributed by atoms with van der Waals surface area (Å²) in [6, 6.07) is 16.3. The highest BCUT2D eigenvalue weighted by atomic mass is 32.2. The summed E-state index contributed by atoms with van der Waals surface area (Å²) in [6.45, 7) is 3.48. The molecule has 4 bridgehead atoms. The number of hydrogen-bond donors (Lipinski definition) is 2. The van der Waals surface area contributed by atoms with E-state index in [2.05, 4.69) is 39.4 Å². The third-order valence-electron chi connectivity index (χ3n) is 10.5. The van der Waals surface area contributed by atoms with Crippen molar-refractivity contribution in [2.75, 3.05) is 60.2 Å². The van der Waals surface area contributed by atoms with Crippen LogP contribution in [-0.2, 0) is 14.8 Å². The lowest BCUT2D eigenvalue weighted by molar-refractivity contribution is -0.166.